The number of hydrogen-bond acceptors (Lipinski definition) is 5. The molecule has 0 fully saturated rings. The minimum atomic E-state index is -3.52. The number of benzene rings is 2. The van der Waals surface area contributed by atoms with Crippen LogP contribution in [0.2, 0.25) is 0 Å². The lowest BCUT2D eigenvalue weighted by Gasteiger charge is -2.22. The molecule has 28 heavy (non-hydrogen) atoms. The van der Waals surface area contributed by atoms with Gasteiger partial charge in [0.1, 0.15) is 0 Å². The molecule has 0 bridgehead atoms. The molecule has 0 aliphatic carbocycles. The van der Waals surface area contributed by atoms with Crippen LogP contribution >= 0.6 is 0 Å². The van der Waals surface area contributed by atoms with E-state index in [1.165, 1.54) is 4.41 Å². The van der Waals surface area contributed by atoms with Gasteiger partial charge in [0, 0.05) is 12.1 Å². The smallest absolute Gasteiger partial charge is 0.250 e. The maximum Gasteiger partial charge on any atom is 0.250 e. The van der Waals surface area contributed by atoms with E-state index in [4.69, 9.17) is 0 Å². The minimum absolute atomic E-state index is 0.00987. The lowest BCUT2D eigenvalue weighted by molar-refractivity contribution is 0.372. The zero-order chi connectivity index (χ0) is 20.4. The fraction of sp³-hybridized carbons (Fsp3) is 0.316. The molecule has 2 aromatic rings. The van der Waals surface area contributed by atoms with Crippen LogP contribution in [-0.2, 0) is 20.0 Å². The molecule has 1 heterocycles. The molecule has 0 saturated carbocycles. The molecule has 0 spiro atoms. The van der Waals surface area contributed by atoms with Gasteiger partial charge >= 0.3 is 0 Å². The molecule has 1 N–H and O–H groups in total. The van der Waals surface area contributed by atoms with Gasteiger partial charge in [0.05, 0.1) is 23.3 Å². The van der Waals surface area contributed by atoms with Gasteiger partial charge in [-0.3, -0.25) is 4.72 Å². The van der Waals surface area contributed by atoms with Crippen molar-refractivity contribution < 1.29 is 16.8 Å². The lowest BCUT2D eigenvalue weighted by atomic mass is 9.99. The van der Waals surface area contributed by atoms with Crippen LogP contribution in [0, 0.1) is 0 Å². The molecule has 1 aliphatic heterocycles. The standard InChI is InChI=1S/C19H23N3O4S2/c1-3-27(23,24)21-17-12-10-15(11-13-17)18-14-19(16-8-6-5-7-9-16)22(20-18)28(25,26)4-2/h5-13,19,21H,3-4,14H2,1-2H3/t19-/m0/s1. The summed E-state index contributed by atoms with van der Waals surface area (Å²) in [5, 5.41) is 4.40. The minimum Gasteiger partial charge on any atom is -0.284 e. The highest BCUT2D eigenvalue weighted by Crippen LogP contribution is 2.35. The van der Waals surface area contributed by atoms with Crippen molar-refractivity contribution in [3.05, 3.63) is 65.7 Å². The van der Waals surface area contributed by atoms with Crippen LogP contribution in [-0.4, -0.2) is 38.5 Å². The Morgan fingerprint density at radius 1 is 0.964 bits per heavy atom. The van der Waals surface area contributed by atoms with E-state index < -0.39 is 20.0 Å². The molecule has 150 valence electrons. The molecule has 0 aromatic heterocycles. The molecular formula is C19H23N3O4S2. The average molecular weight is 422 g/mol. The fourth-order valence-corrected chi connectivity index (χ4v) is 4.67. The molecule has 9 heteroatoms. The molecule has 1 aliphatic rings. The zero-order valence-electron chi connectivity index (χ0n) is 15.7. The molecule has 0 radical (unpaired) electrons. The Labute approximate surface area is 166 Å². The fourth-order valence-electron chi connectivity index (χ4n) is 2.96. The highest BCUT2D eigenvalue weighted by atomic mass is 32.2. The zero-order valence-corrected chi connectivity index (χ0v) is 17.4. The van der Waals surface area contributed by atoms with E-state index in [0.29, 0.717) is 17.8 Å². The largest absolute Gasteiger partial charge is 0.284 e. The number of nitrogens with zero attached hydrogens (tertiary/aromatic N) is 2. The maximum absolute atomic E-state index is 12.5. The van der Waals surface area contributed by atoms with Crippen LogP contribution in [0.3, 0.4) is 0 Å². The Bertz CT molecular complexity index is 1060. The Hall–Kier alpha value is -2.39. The molecule has 0 unspecified atom stereocenters. The molecule has 7 nitrogen and oxygen atoms in total. The summed E-state index contributed by atoms with van der Waals surface area (Å²) in [5.74, 6) is -0.0467. The number of nitrogens with one attached hydrogen (secondary N) is 1. The highest BCUT2D eigenvalue weighted by Gasteiger charge is 2.35. The van der Waals surface area contributed by atoms with Crippen molar-refractivity contribution in [2.75, 3.05) is 16.2 Å². The third-order valence-electron chi connectivity index (χ3n) is 4.58. The van der Waals surface area contributed by atoms with Gasteiger partial charge < -0.3 is 0 Å². The quantitative estimate of drug-likeness (QED) is 0.743. The highest BCUT2D eigenvalue weighted by molar-refractivity contribution is 7.92. The van der Waals surface area contributed by atoms with Crippen molar-refractivity contribution in [2.24, 2.45) is 5.10 Å². The summed E-state index contributed by atoms with van der Waals surface area (Å²) in [5.41, 5.74) is 2.75. The van der Waals surface area contributed by atoms with Crippen molar-refractivity contribution in [1.82, 2.24) is 4.41 Å². The number of sulfonamides is 2. The maximum atomic E-state index is 12.5. The summed E-state index contributed by atoms with van der Waals surface area (Å²) in [4.78, 5) is 0. The average Bonchev–Trinajstić information content (AvgIpc) is 3.15. The van der Waals surface area contributed by atoms with Gasteiger partial charge in [0.15, 0.2) is 0 Å². The SMILES string of the molecule is CCS(=O)(=O)Nc1ccc(C2=NN(S(=O)(=O)CC)[C@H](c3ccccc3)C2)cc1. The van der Waals surface area contributed by atoms with Crippen molar-refractivity contribution in [1.29, 1.82) is 0 Å². The molecule has 2 aromatic carbocycles. The Morgan fingerprint density at radius 2 is 1.61 bits per heavy atom. The van der Waals surface area contributed by atoms with Gasteiger partial charge in [0.25, 0.3) is 0 Å². The number of anilines is 1. The Kier molecular flexibility index (Phi) is 5.76. The molecular weight excluding hydrogens is 398 g/mol. The Balaban J connectivity index is 1.91. The van der Waals surface area contributed by atoms with Crippen LogP contribution in [0.1, 0.15) is 37.4 Å². The summed E-state index contributed by atoms with van der Waals surface area (Å²) in [6.07, 6.45) is 0.448. The Morgan fingerprint density at radius 3 is 2.18 bits per heavy atom. The van der Waals surface area contributed by atoms with Gasteiger partial charge in [-0.1, -0.05) is 42.5 Å². The van der Waals surface area contributed by atoms with Crippen molar-refractivity contribution in [2.45, 2.75) is 26.3 Å². The van der Waals surface area contributed by atoms with E-state index >= 15 is 0 Å². The number of hydrogen-bond donors (Lipinski definition) is 1. The molecule has 3 rings (SSSR count). The van der Waals surface area contributed by atoms with E-state index in [1.807, 2.05) is 30.3 Å². The van der Waals surface area contributed by atoms with Crippen LogP contribution in [0.5, 0.6) is 0 Å². The number of hydrazone groups is 1. The van der Waals surface area contributed by atoms with Crippen molar-refractivity contribution in [3.63, 3.8) is 0 Å². The van der Waals surface area contributed by atoms with E-state index in [0.717, 1.165) is 11.1 Å². The third-order valence-corrected chi connectivity index (χ3v) is 7.52. The first kappa shape index (κ1) is 20.3. The predicted molar refractivity (Wildman–Crippen MR) is 111 cm³/mol. The third kappa shape index (κ3) is 4.36. The van der Waals surface area contributed by atoms with E-state index in [2.05, 4.69) is 9.82 Å². The van der Waals surface area contributed by atoms with E-state index in [9.17, 15) is 16.8 Å². The van der Waals surface area contributed by atoms with Crippen molar-refractivity contribution >= 4 is 31.4 Å². The summed E-state index contributed by atoms with van der Waals surface area (Å²) in [6, 6.07) is 15.8. The summed E-state index contributed by atoms with van der Waals surface area (Å²) in [6.45, 7) is 3.16. The van der Waals surface area contributed by atoms with Gasteiger partial charge in [0.2, 0.25) is 20.0 Å². The first-order valence-electron chi connectivity index (χ1n) is 9.01. The second-order valence-electron chi connectivity index (χ2n) is 6.43. The molecule has 1 atom stereocenters. The van der Waals surface area contributed by atoms with Gasteiger partial charge in [-0.2, -0.15) is 9.52 Å². The van der Waals surface area contributed by atoms with E-state index in [1.54, 1.807) is 38.1 Å². The number of rotatable bonds is 7. The first-order chi connectivity index (χ1) is 13.3. The van der Waals surface area contributed by atoms with Crippen LogP contribution in [0.15, 0.2) is 59.7 Å². The van der Waals surface area contributed by atoms with Crippen LogP contribution in [0.4, 0.5) is 5.69 Å². The van der Waals surface area contributed by atoms with Gasteiger partial charge in [-0.05, 0) is 37.1 Å². The second kappa shape index (κ2) is 7.92. The van der Waals surface area contributed by atoms with Crippen LogP contribution < -0.4 is 4.72 Å². The van der Waals surface area contributed by atoms with E-state index in [-0.39, 0.29) is 17.5 Å². The summed E-state index contributed by atoms with van der Waals surface area (Å²) >= 11 is 0. The van der Waals surface area contributed by atoms with Crippen molar-refractivity contribution in [3.8, 4) is 0 Å². The monoisotopic (exact) mass is 421 g/mol. The first-order valence-corrected chi connectivity index (χ1v) is 12.3. The topological polar surface area (TPSA) is 95.9 Å². The summed E-state index contributed by atoms with van der Waals surface area (Å²) in [7, 11) is -6.87. The van der Waals surface area contributed by atoms with Gasteiger partial charge in [-0.15, -0.1) is 0 Å². The van der Waals surface area contributed by atoms with Crippen LogP contribution in [0.25, 0.3) is 0 Å². The molecule has 0 amide bonds. The summed E-state index contributed by atoms with van der Waals surface area (Å²) < 4.78 is 52.2. The normalized spacial score (nSPS) is 17.4. The lowest BCUT2D eigenvalue weighted by Crippen LogP contribution is -2.28. The predicted octanol–water partition coefficient (Wildman–Crippen LogP) is 2.95. The van der Waals surface area contributed by atoms with Gasteiger partial charge in [-0.25, -0.2) is 16.8 Å². The molecule has 0 saturated heterocycles. The second-order valence-corrected chi connectivity index (χ2v) is 10.6.